The molecule has 0 saturated heterocycles. The third kappa shape index (κ3) is 3.41. The Balaban J connectivity index is 1.60. The molecule has 0 spiro atoms. The molecular formula is C13H24N2S. The van der Waals surface area contributed by atoms with Gasteiger partial charge in [0.1, 0.15) is 0 Å². The van der Waals surface area contributed by atoms with Crippen molar-refractivity contribution in [3.8, 4) is 0 Å². The standard InChI is InChI=1S/C13H24N2S/c1-10(2)12-9-15-13(16-12)14-8-7-11-5-3-4-6-11/h10-12H,3-9H2,1-2H3,(H,14,15). The Bertz CT molecular complexity index is 244. The van der Waals surface area contributed by atoms with Gasteiger partial charge in [-0.1, -0.05) is 51.3 Å². The second kappa shape index (κ2) is 5.95. The summed E-state index contributed by atoms with van der Waals surface area (Å²) in [5.74, 6) is 1.73. The fraction of sp³-hybridized carbons (Fsp3) is 0.923. The maximum absolute atomic E-state index is 4.57. The number of nitrogens with one attached hydrogen (secondary N) is 1. The van der Waals surface area contributed by atoms with Gasteiger partial charge in [-0.3, -0.25) is 4.99 Å². The fourth-order valence-corrected chi connectivity index (χ4v) is 3.56. The lowest BCUT2D eigenvalue weighted by atomic mass is 10.0. The number of aliphatic imine (C=N–C) groups is 1. The number of hydrogen-bond donors (Lipinski definition) is 1. The first-order valence-electron chi connectivity index (χ1n) is 6.70. The molecule has 1 aliphatic carbocycles. The van der Waals surface area contributed by atoms with Gasteiger partial charge in [-0.25, -0.2) is 0 Å². The molecule has 1 saturated carbocycles. The van der Waals surface area contributed by atoms with E-state index in [0.29, 0.717) is 5.25 Å². The first kappa shape index (κ1) is 12.3. The predicted octanol–water partition coefficient (Wildman–Crippen LogP) is 3.28. The van der Waals surface area contributed by atoms with Gasteiger partial charge in [-0.15, -0.1) is 0 Å². The Morgan fingerprint density at radius 2 is 2.12 bits per heavy atom. The molecule has 1 aliphatic heterocycles. The number of rotatable bonds is 4. The second-order valence-corrected chi connectivity index (χ2v) is 6.64. The first-order chi connectivity index (χ1) is 7.75. The Hall–Kier alpha value is -0.180. The van der Waals surface area contributed by atoms with Crippen molar-refractivity contribution in [2.75, 3.05) is 13.1 Å². The van der Waals surface area contributed by atoms with Crippen molar-refractivity contribution in [3.63, 3.8) is 0 Å². The number of nitrogens with zero attached hydrogens (tertiary/aromatic N) is 1. The van der Waals surface area contributed by atoms with Gasteiger partial charge in [-0.05, 0) is 18.3 Å². The second-order valence-electron chi connectivity index (χ2n) is 5.41. The number of amidine groups is 1. The van der Waals surface area contributed by atoms with Crippen LogP contribution in [0.15, 0.2) is 4.99 Å². The van der Waals surface area contributed by atoms with E-state index in [-0.39, 0.29) is 0 Å². The van der Waals surface area contributed by atoms with Gasteiger partial charge < -0.3 is 5.32 Å². The van der Waals surface area contributed by atoms with Crippen molar-refractivity contribution in [1.82, 2.24) is 5.32 Å². The van der Waals surface area contributed by atoms with Crippen LogP contribution in [0.2, 0.25) is 0 Å². The summed E-state index contributed by atoms with van der Waals surface area (Å²) in [6.07, 6.45) is 7.16. The van der Waals surface area contributed by atoms with E-state index in [9.17, 15) is 0 Å². The van der Waals surface area contributed by atoms with Crippen LogP contribution < -0.4 is 5.32 Å². The van der Waals surface area contributed by atoms with Gasteiger partial charge >= 0.3 is 0 Å². The molecule has 3 heteroatoms. The summed E-state index contributed by atoms with van der Waals surface area (Å²) in [6.45, 7) is 6.71. The van der Waals surface area contributed by atoms with Gasteiger partial charge in [0.2, 0.25) is 0 Å². The van der Waals surface area contributed by atoms with E-state index in [1.165, 1.54) is 37.3 Å². The van der Waals surface area contributed by atoms with Crippen LogP contribution in [0, 0.1) is 11.8 Å². The van der Waals surface area contributed by atoms with Crippen molar-refractivity contribution in [3.05, 3.63) is 0 Å². The average molecular weight is 240 g/mol. The summed E-state index contributed by atoms with van der Waals surface area (Å²) in [4.78, 5) is 4.57. The zero-order valence-electron chi connectivity index (χ0n) is 10.5. The summed E-state index contributed by atoms with van der Waals surface area (Å²) in [5.41, 5.74) is 0. The molecule has 92 valence electrons. The van der Waals surface area contributed by atoms with E-state index >= 15 is 0 Å². The topological polar surface area (TPSA) is 24.4 Å². The number of thioether (sulfide) groups is 1. The van der Waals surface area contributed by atoms with E-state index in [1.54, 1.807) is 0 Å². The van der Waals surface area contributed by atoms with Crippen molar-refractivity contribution in [2.45, 2.75) is 51.2 Å². The Morgan fingerprint density at radius 1 is 1.38 bits per heavy atom. The summed E-state index contributed by atoms with van der Waals surface area (Å²) in [5, 5.41) is 5.40. The molecule has 1 unspecified atom stereocenters. The van der Waals surface area contributed by atoms with Crippen molar-refractivity contribution in [1.29, 1.82) is 0 Å². The van der Waals surface area contributed by atoms with E-state index in [0.717, 1.165) is 24.9 Å². The SMILES string of the molecule is CC(C)C1CN=C(NCCC2CCCC2)S1. The lowest BCUT2D eigenvalue weighted by Gasteiger charge is -2.13. The maximum atomic E-state index is 4.57. The van der Waals surface area contributed by atoms with Gasteiger partial charge in [0, 0.05) is 11.8 Å². The summed E-state index contributed by atoms with van der Waals surface area (Å²) in [6, 6.07) is 0. The zero-order valence-corrected chi connectivity index (χ0v) is 11.4. The molecule has 1 heterocycles. The van der Waals surface area contributed by atoms with Crippen LogP contribution >= 0.6 is 11.8 Å². The molecule has 1 atom stereocenters. The molecular weight excluding hydrogens is 216 g/mol. The summed E-state index contributed by atoms with van der Waals surface area (Å²) in [7, 11) is 0. The monoisotopic (exact) mass is 240 g/mol. The molecule has 0 radical (unpaired) electrons. The molecule has 2 rings (SSSR count). The smallest absolute Gasteiger partial charge is 0.156 e. The molecule has 0 aromatic heterocycles. The van der Waals surface area contributed by atoms with Gasteiger partial charge in [-0.2, -0.15) is 0 Å². The third-order valence-electron chi connectivity index (χ3n) is 3.72. The van der Waals surface area contributed by atoms with Crippen LogP contribution in [0.25, 0.3) is 0 Å². The van der Waals surface area contributed by atoms with Crippen LogP contribution in [-0.2, 0) is 0 Å². The summed E-state index contributed by atoms with van der Waals surface area (Å²) >= 11 is 1.94. The Morgan fingerprint density at radius 3 is 2.75 bits per heavy atom. The lowest BCUT2D eigenvalue weighted by Crippen LogP contribution is -2.23. The van der Waals surface area contributed by atoms with Gasteiger partial charge in [0.15, 0.2) is 5.17 Å². The number of hydrogen-bond acceptors (Lipinski definition) is 3. The molecule has 0 aromatic rings. The first-order valence-corrected chi connectivity index (χ1v) is 7.58. The van der Waals surface area contributed by atoms with E-state index < -0.39 is 0 Å². The van der Waals surface area contributed by atoms with Crippen LogP contribution in [0.5, 0.6) is 0 Å². The molecule has 0 aromatic carbocycles. The zero-order chi connectivity index (χ0) is 11.4. The highest BCUT2D eigenvalue weighted by atomic mass is 32.2. The van der Waals surface area contributed by atoms with E-state index in [1.807, 2.05) is 11.8 Å². The molecule has 16 heavy (non-hydrogen) atoms. The normalized spacial score (nSPS) is 26.4. The maximum Gasteiger partial charge on any atom is 0.156 e. The van der Waals surface area contributed by atoms with Gasteiger partial charge in [0.05, 0.1) is 6.54 Å². The molecule has 1 N–H and O–H groups in total. The van der Waals surface area contributed by atoms with E-state index in [2.05, 4.69) is 24.2 Å². The van der Waals surface area contributed by atoms with Crippen molar-refractivity contribution >= 4 is 16.9 Å². The minimum absolute atomic E-state index is 0.703. The Kier molecular flexibility index (Phi) is 4.56. The van der Waals surface area contributed by atoms with Gasteiger partial charge in [0.25, 0.3) is 0 Å². The highest BCUT2D eigenvalue weighted by molar-refractivity contribution is 8.14. The highest BCUT2D eigenvalue weighted by Crippen LogP contribution is 2.28. The molecule has 0 amide bonds. The molecule has 2 aliphatic rings. The predicted molar refractivity (Wildman–Crippen MR) is 73.1 cm³/mol. The lowest BCUT2D eigenvalue weighted by molar-refractivity contribution is 0.501. The quantitative estimate of drug-likeness (QED) is 0.815. The summed E-state index contributed by atoms with van der Waals surface area (Å²) < 4.78 is 0. The van der Waals surface area contributed by atoms with E-state index in [4.69, 9.17) is 0 Å². The van der Waals surface area contributed by atoms with Crippen LogP contribution in [-0.4, -0.2) is 23.5 Å². The fourth-order valence-electron chi connectivity index (χ4n) is 2.52. The van der Waals surface area contributed by atoms with Crippen molar-refractivity contribution in [2.24, 2.45) is 16.8 Å². The van der Waals surface area contributed by atoms with Crippen LogP contribution in [0.1, 0.15) is 46.0 Å². The average Bonchev–Trinajstić information content (AvgIpc) is 2.87. The van der Waals surface area contributed by atoms with Crippen molar-refractivity contribution < 1.29 is 0 Å². The minimum Gasteiger partial charge on any atom is -0.365 e. The highest BCUT2D eigenvalue weighted by Gasteiger charge is 2.22. The molecule has 0 bridgehead atoms. The minimum atomic E-state index is 0.703. The van der Waals surface area contributed by atoms with Crippen LogP contribution in [0.3, 0.4) is 0 Å². The Labute approximate surface area is 104 Å². The largest absolute Gasteiger partial charge is 0.365 e. The van der Waals surface area contributed by atoms with Crippen LogP contribution in [0.4, 0.5) is 0 Å². The molecule has 2 nitrogen and oxygen atoms in total. The molecule has 1 fully saturated rings. The third-order valence-corrected chi connectivity index (χ3v) is 5.22.